The Hall–Kier alpha value is -1.75. The first-order chi connectivity index (χ1) is 9.88. The third-order valence-electron chi connectivity index (χ3n) is 3.74. The number of aliphatic carboxylic acids is 1. The molecule has 2 N–H and O–H groups in total. The van der Waals surface area contributed by atoms with Crippen molar-refractivity contribution in [2.24, 2.45) is 5.41 Å². The number of nitrogens with one attached hydrogen (secondary N) is 1. The SMILES string of the molecule is CCC(CC)(CC(=O)Nc1ccc(OC)c(Cl)c1)C(=O)O. The van der Waals surface area contributed by atoms with Gasteiger partial charge in [-0.05, 0) is 31.0 Å². The van der Waals surface area contributed by atoms with Crippen molar-refractivity contribution in [1.29, 1.82) is 0 Å². The molecule has 116 valence electrons. The van der Waals surface area contributed by atoms with Gasteiger partial charge in [-0.1, -0.05) is 25.4 Å². The number of anilines is 1. The molecule has 0 heterocycles. The molecule has 0 radical (unpaired) electrons. The van der Waals surface area contributed by atoms with Crippen LogP contribution in [0.15, 0.2) is 18.2 Å². The van der Waals surface area contributed by atoms with Gasteiger partial charge in [0.25, 0.3) is 0 Å². The van der Waals surface area contributed by atoms with E-state index >= 15 is 0 Å². The van der Waals surface area contributed by atoms with Crippen LogP contribution in [0.5, 0.6) is 5.75 Å². The molecule has 0 atom stereocenters. The molecule has 0 aromatic heterocycles. The molecule has 0 fully saturated rings. The molecule has 5 nitrogen and oxygen atoms in total. The average molecular weight is 314 g/mol. The molecule has 21 heavy (non-hydrogen) atoms. The van der Waals surface area contributed by atoms with E-state index in [0.717, 1.165) is 0 Å². The van der Waals surface area contributed by atoms with Crippen molar-refractivity contribution in [2.75, 3.05) is 12.4 Å². The van der Waals surface area contributed by atoms with Crippen LogP contribution < -0.4 is 10.1 Å². The standard InChI is InChI=1S/C15H20ClNO4/c1-4-15(5-2,14(19)20)9-13(18)17-10-6-7-12(21-3)11(16)8-10/h6-8H,4-5,9H2,1-3H3,(H,17,18)(H,19,20). The Labute approximate surface area is 129 Å². The Bertz CT molecular complexity index is 526. The number of carbonyl (C=O) groups excluding carboxylic acids is 1. The summed E-state index contributed by atoms with van der Waals surface area (Å²) in [5, 5.41) is 12.4. The molecule has 0 aliphatic rings. The van der Waals surface area contributed by atoms with Crippen LogP contribution in [0.2, 0.25) is 5.02 Å². The molecular formula is C15H20ClNO4. The van der Waals surface area contributed by atoms with Crippen molar-refractivity contribution in [3.8, 4) is 5.75 Å². The van der Waals surface area contributed by atoms with Crippen LogP contribution in [-0.4, -0.2) is 24.1 Å². The lowest BCUT2D eigenvalue weighted by Crippen LogP contribution is -2.34. The van der Waals surface area contributed by atoms with Crippen molar-refractivity contribution in [3.63, 3.8) is 0 Å². The molecule has 0 unspecified atom stereocenters. The minimum atomic E-state index is -1.03. The molecule has 1 aromatic rings. The molecule has 0 bridgehead atoms. The first kappa shape index (κ1) is 17.3. The van der Waals surface area contributed by atoms with Gasteiger partial charge in [-0.2, -0.15) is 0 Å². The summed E-state index contributed by atoms with van der Waals surface area (Å²) >= 11 is 5.98. The summed E-state index contributed by atoms with van der Waals surface area (Å²) in [4.78, 5) is 23.5. The number of rotatable bonds is 7. The number of halogens is 1. The number of hydrogen-bond donors (Lipinski definition) is 2. The van der Waals surface area contributed by atoms with Crippen molar-refractivity contribution < 1.29 is 19.4 Å². The van der Waals surface area contributed by atoms with Gasteiger partial charge in [-0.15, -0.1) is 0 Å². The molecule has 0 saturated heterocycles. The number of benzene rings is 1. The maximum atomic E-state index is 12.1. The smallest absolute Gasteiger partial charge is 0.310 e. The largest absolute Gasteiger partial charge is 0.495 e. The lowest BCUT2D eigenvalue weighted by Gasteiger charge is -2.25. The number of amides is 1. The lowest BCUT2D eigenvalue weighted by atomic mass is 9.79. The van der Waals surface area contributed by atoms with Crippen molar-refractivity contribution >= 4 is 29.2 Å². The third kappa shape index (κ3) is 4.11. The quantitative estimate of drug-likeness (QED) is 0.807. The topological polar surface area (TPSA) is 75.6 Å². The Morgan fingerprint density at radius 1 is 1.33 bits per heavy atom. The molecule has 1 aromatic carbocycles. The van der Waals surface area contributed by atoms with Crippen LogP contribution in [0.4, 0.5) is 5.69 Å². The van der Waals surface area contributed by atoms with E-state index in [2.05, 4.69) is 5.32 Å². The van der Waals surface area contributed by atoms with Crippen molar-refractivity contribution in [1.82, 2.24) is 0 Å². The minimum absolute atomic E-state index is 0.0705. The summed E-state index contributed by atoms with van der Waals surface area (Å²) in [5.41, 5.74) is -0.516. The number of methoxy groups -OCH3 is 1. The first-order valence-electron chi connectivity index (χ1n) is 6.75. The summed E-state index contributed by atoms with van der Waals surface area (Å²) < 4.78 is 5.03. The number of hydrogen-bond acceptors (Lipinski definition) is 3. The van der Waals surface area contributed by atoms with Gasteiger partial charge in [0.15, 0.2) is 0 Å². The number of carboxylic acids is 1. The van der Waals surface area contributed by atoms with Crippen LogP contribution in [-0.2, 0) is 9.59 Å². The second kappa shape index (κ2) is 7.31. The Morgan fingerprint density at radius 2 is 1.95 bits per heavy atom. The molecule has 6 heteroatoms. The summed E-state index contributed by atoms with van der Waals surface area (Å²) in [6, 6.07) is 4.86. The third-order valence-corrected chi connectivity index (χ3v) is 4.04. The lowest BCUT2D eigenvalue weighted by molar-refractivity contribution is -0.151. The zero-order chi connectivity index (χ0) is 16.0. The van der Waals surface area contributed by atoms with E-state index in [4.69, 9.17) is 16.3 Å². The van der Waals surface area contributed by atoms with E-state index in [-0.39, 0.29) is 12.3 Å². The molecular weight excluding hydrogens is 294 g/mol. The van der Waals surface area contributed by atoms with E-state index in [1.54, 1.807) is 32.0 Å². The number of carbonyl (C=O) groups is 2. The highest BCUT2D eigenvalue weighted by Gasteiger charge is 2.37. The summed E-state index contributed by atoms with van der Waals surface area (Å²) in [7, 11) is 1.50. The van der Waals surface area contributed by atoms with Gasteiger partial charge in [0.2, 0.25) is 5.91 Å². The fraction of sp³-hybridized carbons (Fsp3) is 0.467. The normalized spacial score (nSPS) is 11.0. The van der Waals surface area contributed by atoms with Crippen LogP contribution >= 0.6 is 11.6 Å². The highest BCUT2D eigenvalue weighted by Crippen LogP contribution is 2.32. The molecule has 0 aliphatic heterocycles. The summed E-state index contributed by atoms with van der Waals surface area (Å²) in [5.74, 6) is -0.783. The van der Waals surface area contributed by atoms with E-state index in [9.17, 15) is 14.7 Å². The summed E-state index contributed by atoms with van der Waals surface area (Å²) in [6.45, 7) is 3.55. The van der Waals surface area contributed by atoms with Gasteiger partial charge in [-0.3, -0.25) is 9.59 Å². The molecule has 1 amide bonds. The maximum absolute atomic E-state index is 12.1. The average Bonchev–Trinajstić information content (AvgIpc) is 2.44. The van der Waals surface area contributed by atoms with Crippen LogP contribution in [0.25, 0.3) is 0 Å². The molecule has 0 aliphatic carbocycles. The first-order valence-corrected chi connectivity index (χ1v) is 7.13. The predicted octanol–water partition coefficient (Wildman–Crippen LogP) is 3.57. The highest BCUT2D eigenvalue weighted by atomic mass is 35.5. The fourth-order valence-electron chi connectivity index (χ4n) is 2.13. The van der Waals surface area contributed by atoms with Gasteiger partial charge in [0.1, 0.15) is 5.75 Å². The van der Waals surface area contributed by atoms with Crippen molar-refractivity contribution in [2.45, 2.75) is 33.1 Å². The number of ether oxygens (including phenoxy) is 1. The van der Waals surface area contributed by atoms with Gasteiger partial charge in [-0.25, -0.2) is 0 Å². The Kier molecular flexibility index (Phi) is 6.03. The minimum Gasteiger partial charge on any atom is -0.495 e. The van der Waals surface area contributed by atoms with E-state index in [1.165, 1.54) is 7.11 Å². The van der Waals surface area contributed by atoms with Crippen LogP contribution in [0.3, 0.4) is 0 Å². The van der Waals surface area contributed by atoms with Gasteiger partial charge < -0.3 is 15.2 Å². The molecule has 0 saturated carbocycles. The Morgan fingerprint density at radius 3 is 2.38 bits per heavy atom. The monoisotopic (exact) mass is 313 g/mol. The second-order valence-electron chi connectivity index (χ2n) is 4.87. The predicted molar refractivity (Wildman–Crippen MR) is 81.9 cm³/mol. The molecule has 1 rings (SSSR count). The summed E-state index contributed by atoms with van der Waals surface area (Å²) in [6.07, 6.45) is 0.726. The zero-order valence-corrected chi connectivity index (χ0v) is 13.2. The molecule has 0 spiro atoms. The highest BCUT2D eigenvalue weighted by molar-refractivity contribution is 6.32. The van der Waals surface area contributed by atoms with E-state index < -0.39 is 11.4 Å². The number of carboxylic acid groups (broad SMARTS) is 1. The Balaban J connectivity index is 2.81. The maximum Gasteiger partial charge on any atom is 0.310 e. The van der Waals surface area contributed by atoms with Crippen LogP contribution in [0.1, 0.15) is 33.1 Å². The van der Waals surface area contributed by atoms with Gasteiger partial charge >= 0.3 is 5.97 Å². The van der Waals surface area contributed by atoms with Crippen LogP contribution in [0, 0.1) is 5.41 Å². The van der Waals surface area contributed by atoms with E-state index in [0.29, 0.717) is 29.3 Å². The zero-order valence-electron chi connectivity index (χ0n) is 12.4. The fourth-order valence-corrected chi connectivity index (χ4v) is 2.39. The van der Waals surface area contributed by atoms with Gasteiger partial charge in [0, 0.05) is 12.1 Å². The van der Waals surface area contributed by atoms with Gasteiger partial charge in [0.05, 0.1) is 17.5 Å². The van der Waals surface area contributed by atoms with Crippen molar-refractivity contribution in [3.05, 3.63) is 23.2 Å². The second-order valence-corrected chi connectivity index (χ2v) is 5.27. The van der Waals surface area contributed by atoms with E-state index in [1.807, 2.05) is 0 Å².